The van der Waals surface area contributed by atoms with Crippen LogP contribution >= 0.6 is 0 Å². The smallest absolute Gasteiger partial charge is 0.0625 e. The van der Waals surface area contributed by atoms with E-state index in [-0.39, 0.29) is 0 Å². The van der Waals surface area contributed by atoms with E-state index in [1.807, 2.05) is 0 Å². The number of likely N-dealkylation sites (tertiary alicyclic amines) is 1. The number of piperidine rings is 1. The van der Waals surface area contributed by atoms with Crippen molar-refractivity contribution >= 4 is 0 Å². The van der Waals surface area contributed by atoms with Crippen LogP contribution in [-0.4, -0.2) is 40.4 Å². The number of hydrogen-bond donors (Lipinski definition) is 1. The second kappa shape index (κ2) is 7.79. The van der Waals surface area contributed by atoms with Crippen LogP contribution in [0.1, 0.15) is 51.4 Å². The molecular formula is C16H30N4. The van der Waals surface area contributed by atoms with E-state index < -0.39 is 0 Å². The van der Waals surface area contributed by atoms with Crippen molar-refractivity contribution in [2.24, 2.45) is 0 Å². The van der Waals surface area contributed by atoms with Crippen molar-refractivity contribution in [3.8, 4) is 0 Å². The number of nitrogens with one attached hydrogen (secondary N) is 1. The van der Waals surface area contributed by atoms with E-state index in [9.17, 15) is 0 Å². The molecule has 20 heavy (non-hydrogen) atoms. The fourth-order valence-corrected chi connectivity index (χ4v) is 2.96. The second-order valence-corrected chi connectivity index (χ2v) is 5.80. The van der Waals surface area contributed by atoms with Crippen molar-refractivity contribution in [1.82, 2.24) is 20.0 Å². The minimum atomic E-state index is 0.730. The predicted molar refractivity (Wildman–Crippen MR) is 83.9 cm³/mol. The van der Waals surface area contributed by atoms with Crippen molar-refractivity contribution in [3.05, 3.63) is 17.5 Å². The summed E-state index contributed by atoms with van der Waals surface area (Å²) in [6.45, 7) is 12.2. The van der Waals surface area contributed by atoms with Crippen LogP contribution in [0.15, 0.2) is 6.07 Å². The minimum Gasteiger partial charge on any atom is -0.314 e. The molecule has 1 aliphatic rings. The van der Waals surface area contributed by atoms with Gasteiger partial charge in [-0.05, 0) is 45.2 Å². The molecule has 0 bridgehead atoms. The van der Waals surface area contributed by atoms with Gasteiger partial charge in [0.15, 0.2) is 0 Å². The maximum absolute atomic E-state index is 4.65. The van der Waals surface area contributed by atoms with Crippen LogP contribution in [-0.2, 0) is 19.5 Å². The van der Waals surface area contributed by atoms with E-state index in [1.165, 1.54) is 43.7 Å². The maximum atomic E-state index is 4.65. The van der Waals surface area contributed by atoms with Crippen molar-refractivity contribution in [2.75, 3.05) is 19.6 Å². The SMILES string of the molecule is CCCNC1CCN(Cc2cc(CC)nn2CC)CC1. The van der Waals surface area contributed by atoms with Gasteiger partial charge in [-0.15, -0.1) is 0 Å². The molecule has 0 amide bonds. The lowest BCUT2D eigenvalue weighted by molar-refractivity contribution is 0.186. The maximum Gasteiger partial charge on any atom is 0.0625 e. The first-order valence-corrected chi connectivity index (χ1v) is 8.28. The summed E-state index contributed by atoms with van der Waals surface area (Å²) in [7, 11) is 0. The fourth-order valence-electron chi connectivity index (χ4n) is 2.96. The number of nitrogens with zero attached hydrogens (tertiary/aromatic N) is 3. The van der Waals surface area contributed by atoms with Gasteiger partial charge >= 0.3 is 0 Å². The van der Waals surface area contributed by atoms with Crippen LogP contribution in [0.5, 0.6) is 0 Å². The summed E-state index contributed by atoms with van der Waals surface area (Å²) < 4.78 is 2.17. The molecule has 4 nitrogen and oxygen atoms in total. The molecule has 0 aliphatic carbocycles. The zero-order valence-electron chi connectivity index (χ0n) is 13.4. The first-order chi connectivity index (χ1) is 9.76. The summed E-state index contributed by atoms with van der Waals surface area (Å²) in [6.07, 6.45) is 4.82. The number of aryl methyl sites for hydroxylation is 2. The Kier molecular flexibility index (Phi) is 6.05. The minimum absolute atomic E-state index is 0.730. The molecular weight excluding hydrogens is 248 g/mol. The molecule has 1 aliphatic heterocycles. The van der Waals surface area contributed by atoms with Crippen LogP contribution in [0.25, 0.3) is 0 Å². The topological polar surface area (TPSA) is 33.1 Å². The summed E-state index contributed by atoms with van der Waals surface area (Å²) in [5.74, 6) is 0. The Morgan fingerprint density at radius 3 is 2.60 bits per heavy atom. The lowest BCUT2D eigenvalue weighted by Crippen LogP contribution is -2.42. The molecule has 0 radical (unpaired) electrons. The average molecular weight is 278 g/mol. The summed E-state index contributed by atoms with van der Waals surface area (Å²) >= 11 is 0. The summed E-state index contributed by atoms with van der Waals surface area (Å²) in [6, 6.07) is 3.01. The van der Waals surface area contributed by atoms with E-state index in [0.717, 1.165) is 32.1 Å². The number of hydrogen-bond acceptors (Lipinski definition) is 3. The molecule has 0 saturated carbocycles. The molecule has 0 atom stereocenters. The van der Waals surface area contributed by atoms with E-state index in [0.29, 0.717) is 0 Å². The predicted octanol–water partition coefficient (Wildman–Crippen LogP) is 2.43. The highest BCUT2D eigenvalue weighted by atomic mass is 15.3. The molecule has 1 fully saturated rings. The van der Waals surface area contributed by atoms with Crippen LogP contribution in [0.2, 0.25) is 0 Å². The van der Waals surface area contributed by atoms with Crippen LogP contribution in [0.4, 0.5) is 0 Å². The van der Waals surface area contributed by atoms with Gasteiger partial charge < -0.3 is 5.32 Å². The monoisotopic (exact) mass is 278 g/mol. The van der Waals surface area contributed by atoms with Crippen molar-refractivity contribution in [1.29, 1.82) is 0 Å². The Labute approximate surface area is 123 Å². The molecule has 4 heteroatoms. The molecule has 114 valence electrons. The molecule has 2 heterocycles. The highest BCUT2D eigenvalue weighted by Gasteiger charge is 2.19. The van der Waals surface area contributed by atoms with E-state index in [4.69, 9.17) is 0 Å². The summed E-state index contributed by atoms with van der Waals surface area (Å²) in [5, 5.41) is 8.29. The fraction of sp³-hybridized carbons (Fsp3) is 0.812. The van der Waals surface area contributed by atoms with Gasteiger partial charge in [-0.3, -0.25) is 9.58 Å². The van der Waals surface area contributed by atoms with Gasteiger partial charge in [-0.2, -0.15) is 5.10 Å². The molecule has 1 aromatic rings. The summed E-state index contributed by atoms with van der Waals surface area (Å²) in [4.78, 5) is 2.58. The Hall–Kier alpha value is -0.870. The molecule has 1 aromatic heterocycles. The van der Waals surface area contributed by atoms with Gasteiger partial charge in [-0.1, -0.05) is 13.8 Å². The third kappa shape index (κ3) is 4.06. The van der Waals surface area contributed by atoms with Gasteiger partial charge in [0, 0.05) is 32.2 Å². The lowest BCUT2D eigenvalue weighted by atomic mass is 10.0. The van der Waals surface area contributed by atoms with Crippen molar-refractivity contribution in [2.45, 2.75) is 65.6 Å². The lowest BCUT2D eigenvalue weighted by Gasteiger charge is -2.32. The van der Waals surface area contributed by atoms with Gasteiger partial charge in [0.05, 0.1) is 11.4 Å². The highest BCUT2D eigenvalue weighted by Crippen LogP contribution is 2.15. The Balaban J connectivity index is 1.84. The van der Waals surface area contributed by atoms with E-state index in [2.05, 4.69) is 46.8 Å². The summed E-state index contributed by atoms with van der Waals surface area (Å²) in [5.41, 5.74) is 2.60. The van der Waals surface area contributed by atoms with Crippen LogP contribution in [0, 0.1) is 0 Å². The quantitative estimate of drug-likeness (QED) is 0.831. The molecule has 0 aromatic carbocycles. The Bertz CT molecular complexity index is 391. The first-order valence-electron chi connectivity index (χ1n) is 8.28. The Morgan fingerprint density at radius 1 is 1.25 bits per heavy atom. The van der Waals surface area contributed by atoms with Gasteiger partial charge in [-0.25, -0.2) is 0 Å². The van der Waals surface area contributed by atoms with Crippen LogP contribution in [0.3, 0.4) is 0 Å². The Morgan fingerprint density at radius 2 is 2.00 bits per heavy atom. The number of rotatable bonds is 7. The van der Waals surface area contributed by atoms with Gasteiger partial charge in [0.25, 0.3) is 0 Å². The molecule has 0 unspecified atom stereocenters. The number of aromatic nitrogens is 2. The van der Waals surface area contributed by atoms with Crippen molar-refractivity contribution in [3.63, 3.8) is 0 Å². The highest BCUT2D eigenvalue weighted by molar-refractivity contribution is 5.10. The van der Waals surface area contributed by atoms with Crippen molar-refractivity contribution < 1.29 is 0 Å². The molecule has 1 N–H and O–H groups in total. The second-order valence-electron chi connectivity index (χ2n) is 5.80. The normalized spacial score (nSPS) is 17.8. The van der Waals surface area contributed by atoms with Gasteiger partial charge in [0.2, 0.25) is 0 Å². The first kappa shape index (κ1) is 15.5. The largest absolute Gasteiger partial charge is 0.314 e. The van der Waals surface area contributed by atoms with Gasteiger partial charge in [0.1, 0.15) is 0 Å². The van der Waals surface area contributed by atoms with Crippen LogP contribution < -0.4 is 5.32 Å². The molecule has 1 saturated heterocycles. The zero-order chi connectivity index (χ0) is 14.4. The third-order valence-corrected chi connectivity index (χ3v) is 4.23. The average Bonchev–Trinajstić information content (AvgIpc) is 2.88. The van der Waals surface area contributed by atoms with E-state index >= 15 is 0 Å². The zero-order valence-corrected chi connectivity index (χ0v) is 13.4. The standard InChI is InChI=1S/C16H30N4/c1-4-9-17-15-7-10-19(11-8-15)13-16-12-14(5-2)18-20(16)6-3/h12,15,17H,4-11,13H2,1-3H3. The molecule has 0 spiro atoms. The van der Waals surface area contributed by atoms with E-state index in [1.54, 1.807) is 0 Å². The molecule has 2 rings (SSSR count). The third-order valence-electron chi connectivity index (χ3n) is 4.23.